The van der Waals surface area contributed by atoms with Crippen molar-refractivity contribution in [3.05, 3.63) is 47.8 Å². The predicted molar refractivity (Wildman–Crippen MR) is 78.4 cm³/mol. The molecule has 2 aromatic carbocycles. The van der Waals surface area contributed by atoms with E-state index in [1.807, 2.05) is 0 Å². The fourth-order valence-electron chi connectivity index (χ4n) is 1.83. The Balaban J connectivity index is 2.30. The maximum Gasteiger partial charge on any atom is 0.337 e. The molecule has 0 amide bonds. The summed E-state index contributed by atoms with van der Waals surface area (Å²) in [5.74, 6) is -0.509. The van der Waals surface area contributed by atoms with Crippen LogP contribution in [0, 0.1) is 5.82 Å². The van der Waals surface area contributed by atoms with Crippen LogP contribution >= 0.6 is 0 Å². The van der Waals surface area contributed by atoms with Crippen LogP contribution in [0.1, 0.15) is 10.4 Å². The van der Waals surface area contributed by atoms with Crippen LogP contribution in [0.2, 0.25) is 0 Å². The number of hydrogen-bond acceptors (Lipinski definition) is 5. The molecular formula is C15H15FN2O3. The number of carbonyl (C=O) groups is 1. The number of benzene rings is 2. The first-order valence-corrected chi connectivity index (χ1v) is 6.13. The smallest absolute Gasteiger partial charge is 0.337 e. The molecule has 6 heteroatoms. The molecule has 0 saturated carbocycles. The quantitative estimate of drug-likeness (QED) is 0.669. The van der Waals surface area contributed by atoms with Gasteiger partial charge in [-0.1, -0.05) is 0 Å². The summed E-state index contributed by atoms with van der Waals surface area (Å²) >= 11 is 0. The van der Waals surface area contributed by atoms with Crippen LogP contribution < -0.4 is 15.8 Å². The van der Waals surface area contributed by atoms with Crippen LogP contribution in [0.3, 0.4) is 0 Å². The normalized spacial score (nSPS) is 10.0. The zero-order chi connectivity index (χ0) is 15.4. The maximum atomic E-state index is 13.1. The van der Waals surface area contributed by atoms with Crippen molar-refractivity contribution in [3.8, 4) is 5.75 Å². The number of nitrogen functional groups attached to an aromatic ring is 1. The molecule has 0 atom stereocenters. The summed E-state index contributed by atoms with van der Waals surface area (Å²) in [6.45, 7) is 0. The van der Waals surface area contributed by atoms with E-state index in [0.29, 0.717) is 28.4 Å². The number of nitrogens with two attached hydrogens (primary N) is 1. The number of hydrogen-bond donors (Lipinski definition) is 2. The van der Waals surface area contributed by atoms with E-state index in [1.165, 1.54) is 32.4 Å². The molecule has 0 saturated heterocycles. The number of nitrogens with one attached hydrogen (secondary N) is 1. The van der Waals surface area contributed by atoms with E-state index in [9.17, 15) is 9.18 Å². The lowest BCUT2D eigenvalue weighted by Crippen LogP contribution is -2.04. The molecule has 0 aliphatic carbocycles. The van der Waals surface area contributed by atoms with E-state index in [-0.39, 0.29) is 0 Å². The van der Waals surface area contributed by atoms with Gasteiger partial charge in [0.15, 0.2) is 0 Å². The van der Waals surface area contributed by atoms with Gasteiger partial charge in [0.1, 0.15) is 11.6 Å². The predicted octanol–water partition coefficient (Wildman–Crippen LogP) is 2.95. The molecule has 0 aromatic heterocycles. The molecule has 0 spiro atoms. The van der Waals surface area contributed by atoms with E-state index < -0.39 is 11.8 Å². The molecule has 0 unspecified atom stereocenters. The Morgan fingerprint density at radius 3 is 2.48 bits per heavy atom. The topological polar surface area (TPSA) is 73.6 Å². The highest BCUT2D eigenvalue weighted by molar-refractivity contribution is 5.92. The molecule has 0 aliphatic rings. The molecule has 2 aromatic rings. The third kappa shape index (κ3) is 3.22. The zero-order valence-corrected chi connectivity index (χ0v) is 11.6. The summed E-state index contributed by atoms with van der Waals surface area (Å²) in [6, 6.07) is 8.85. The molecule has 0 aliphatic heterocycles. The van der Waals surface area contributed by atoms with Gasteiger partial charge in [0.05, 0.1) is 36.8 Å². The maximum absolute atomic E-state index is 13.1. The number of anilines is 3. The van der Waals surface area contributed by atoms with Gasteiger partial charge in [-0.2, -0.15) is 0 Å². The van der Waals surface area contributed by atoms with E-state index >= 15 is 0 Å². The Morgan fingerprint density at radius 1 is 1.14 bits per heavy atom. The Hall–Kier alpha value is -2.76. The minimum absolute atomic E-state index is 0.353. The summed E-state index contributed by atoms with van der Waals surface area (Å²) in [5.41, 5.74) is 7.76. The molecule has 110 valence electrons. The van der Waals surface area contributed by atoms with E-state index in [4.69, 9.17) is 10.5 Å². The largest absolute Gasteiger partial charge is 0.494 e. The van der Waals surface area contributed by atoms with E-state index in [2.05, 4.69) is 10.1 Å². The Morgan fingerprint density at radius 2 is 1.86 bits per heavy atom. The Labute approximate surface area is 121 Å². The third-order valence-corrected chi connectivity index (χ3v) is 2.91. The lowest BCUT2D eigenvalue weighted by atomic mass is 10.1. The highest BCUT2D eigenvalue weighted by Crippen LogP contribution is 2.31. The second-order valence-corrected chi connectivity index (χ2v) is 4.26. The van der Waals surface area contributed by atoms with Gasteiger partial charge >= 0.3 is 5.97 Å². The molecule has 5 nitrogen and oxygen atoms in total. The van der Waals surface area contributed by atoms with Gasteiger partial charge in [-0.3, -0.25) is 0 Å². The summed E-state index contributed by atoms with van der Waals surface area (Å²) < 4.78 is 22.9. The van der Waals surface area contributed by atoms with Gasteiger partial charge in [-0.05, 0) is 30.3 Å². The van der Waals surface area contributed by atoms with Crippen LogP contribution in [0.25, 0.3) is 0 Å². The average molecular weight is 290 g/mol. The van der Waals surface area contributed by atoms with Gasteiger partial charge < -0.3 is 20.5 Å². The van der Waals surface area contributed by atoms with Crippen molar-refractivity contribution < 1.29 is 18.7 Å². The Kier molecular flexibility index (Phi) is 4.27. The van der Waals surface area contributed by atoms with E-state index in [0.717, 1.165) is 0 Å². The first-order valence-electron chi connectivity index (χ1n) is 6.13. The van der Waals surface area contributed by atoms with Crippen molar-refractivity contribution in [1.29, 1.82) is 0 Å². The molecule has 21 heavy (non-hydrogen) atoms. The number of carbonyl (C=O) groups excluding carboxylic acids is 1. The van der Waals surface area contributed by atoms with Gasteiger partial charge in [-0.15, -0.1) is 0 Å². The Bertz CT molecular complexity index is 674. The molecular weight excluding hydrogens is 275 g/mol. The van der Waals surface area contributed by atoms with Crippen molar-refractivity contribution in [1.82, 2.24) is 0 Å². The van der Waals surface area contributed by atoms with Crippen molar-refractivity contribution >= 4 is 23.0 Å². The minimum atomic E-state index is -0.465. The van der Waals surface area contributed by atoms with Crippen molar-refractivity contribution in [2.75, 3.05) is 25.3 Å². The van der Waals surface area contributed by atoms with Gasteiger partial charge in [0.2, 0.25) is 0 Å². The second kappa shape index (κ2) is 6.13. The highest BCUT2D eigenvalue weighted by Gasteiger charge is 2.10. The van der Waals surface area contributed by atoms with Gasteiger partial charge in [0, 0.05) is 6.07 Å². The van der Waals surface area contributed by atoms with Crippen molar-refractivity contribution in [2.24, 2.45) is 0 Å². The fraction of sp³-hybridized carbons (Fsp3) is 0.133. The van der Waals surface area contributed by atoms with Gasteiger partial charge in [-0.25, -0.2) is 9.18 Å². The highest BCUT2D eigenvalue weighted by atomic mass is 19.1. The zero-order valence-electron chi connectivity index (χ0n) is 11.6. The first kappa shape index (κ1) is 14.6. The van der Waals surface area contributed by atoms with Crippen molar-refractivity contribution in [3.63, 3.8) is 0 Å². The third-order valence-electron chi connectivity index (χ3n) is 2.91. The molecule has 0 radical (unpaired) electrons. The lowest BCUT2D eigenvalue weighted by Gasteiger charge is -2.13. The average Bonchev–Trinajstić information content (AvgIpc) is 2.49. The second-order valence-electron chi connectivity index (χ2n) is 4.26. The van der Waals surface area contributed by atoms with Crippen LogP contribution in [-0.4, -0.2) is 20.2 Å². The standard InChI is InChI=1S/C15H15FN2O3/c1-20-14-8-10(16)4-6-13(14)18-12-5-3-9(7-11(12)17)15(19)21-2/h3-8,18H,17H2,1-2H3. The molecule has 0 heterocycles. The molecule has 0 bridgehead atoms. The van der Waals surface area contributed by atoms with Gasteiger partial charge in [0.25, 0.3) is 0 Å². The fourth-order valence-corrected chi connectivity index (χ4v) is 1.83. The molecule has 0 fully saturated rings. The van der Waals surface area contributed by atoms with Crippen LogP contribution in [-0.2, 0) is 4.74 Å². The summed E-state index contributed by atoms with van der Waals surface area (Å²) in [5, 5.41) is 3.03. The van der Waals surface area contributed by atoms with Crippen molar-refractivity contribution in [2.45, 2.75) is 0 Å². The number of rotatable bonds is 4. The molecule has 3 N–H and O–H groups in total. The first-order chi connectivity index (χ1) is 10.0. The van der Waals surface area contributed by atoms with E-state index in [1.54, 1.807) is 18.2 Å². The minimum Gasteiger partial charge on any atom is -0.494 e. The number of halogens is 1. The number of esters is 1. The SMILES string of the molecule is COC(=O)c1ccc(Nc2ccc(F)cc2OC)c(N)c1. The van der Waals surface area contributed by atoms with Crippen LogP contribution in [0.15, 0.2) is 36.4 Å². The summed E-state index contributed by atoms with van der Waals surface area (Å²) in [7, 11) is 2.75. The molecule has 2 rings (SSSR count). The summed E-state index contributed by atoms with van der Waals surface area (Å²) in [4.78, 5) is 11.4. The number of methoxy groups -OCH3 is 2. The number of ether oxygens (including phenoxy) is 2. The lowest BCUT2D eigenvalue weighted by molar-refractivity contribution is 0.0601. The van der Waals surface area contributed by atoms with Crippen LogP contribution in [0.5, 0.6) is 5.75 Å². The monoisotopic (exact) mass is 290 g/mol. The van der Waals surface area contributed by atoms with Crippen LogP contribution in [0.4, 0.5) is 21.5 Å². The summed E-state index contributed by atoms with van der Waals surface area (Å²) in [6.07, 6.45) is 0.